The van der Waals surface area contributed by atoms with Crippen LogP contribution in [0.1, 0.15) is 56.7 Å². The molecule has 0 radical (unpaired) electrons. The zero-order valence-corrected chi connectivity index (χ0v) is 11.3. The zero-order chi connectivity index (χ0) is 12.1. The number of unbranched alkanes of at least 4 members (excludes halogenated alkanes) is 1. The fourth-order valence-electron chi connectivity index (χ4n) is 2.80. The maximum absolute atomic E-state index is 2.64. The lowest BCUT2D eigenvalue weighted by atomic mass is 9.93. The molecule has 2 aliphatic rings. The van der Waals surface area contributed by atoms with Crippen molar-refractivity contribution in [3.63, 3.8) is 0 Å². The lowest BCUT2D eigenvalue weighted by Gasteiger charge is -2.31. The molecule has 0 N–H and O–H groups in total. The molecule has 2 aliphatic heterocycles. The summed E-state index contributed by atoms with van der Waals surface area (Å²) in [5.41, 5.74) is 3.19. The van der Waals surface area contributed by atoms with Crippen molar-refractivity contribution >= 4 is 0 Å². The van der Waals surface area contributed by atoms with Gasteiger partial charge in [-0.3, -0.25) is 4.90 Å². The van der Waals surface area contributed by atoms with Gasteiger partial charge in [-0.05, 0) is 36.9 Å². The van der Waals surface area contributed by atoms with Gasteiger partial charge in [0.05, 0.1) is 0 Å². The normalized spacial score (nSPS) is 22.4. The van der Waals surface area contributed by atoms with E-state index in [1.807, 2.05) is 0 Å². The van der Waals surface area contributed by atoms with E-state index in [4.69, 9.17) is 0 Å². The standard InChI is InChI=1S/C12H15N.C4H10/c1-2-5-11-10(4-1)7-9-13-8-3-6-12(11)13;1-3-4-2/h1-2,4-5,12H,3,6-9H2;3-4H2,1-2H3/t12-;/m0./s1. The maximum atomic E-state index is 2.64. The van der Waals surface area contributed by atoms with Crippen LogP contribution in [-0.2, 0) is 6.42 Å². The Kier molecular flexibility index (Phi) is 4.61. The summed E-state index contributed by atoms with van der Waals surface area (Å²) in [5.74, 6) is 0. The van der Waals surface area contributed by atoms with Gasteiger partial charge in [0.15, 0.2) is 0 Å². The molecule has 2 heterocycles. The molecule has 1 heteroatoms. The van der Waals surface area contributed by atoms with Crippen LogP contribution in [0.25, 0.3) is 0 Å². The van der Waals surface area contributed by atoms with Gasteiger partial charge in [0.2, 0.25) is 0 Å². The first-order valence-corrected chi connectivity index (χ1v) is 7.18. The monoisotopic (exact) mass is 231 g/mol. The minimum atomic E-state index is 0.755. The van der Waals surface area contributed by atoms with Crippen LogP contribution < -0.4 is 0 Å². The van der Waals surface area contributed by atoms with E-state index < -0.39 is 0 Å². The van der Waals surface area contributed by atoms with Gasteiger partial charge in [0.1, 0.15) is 0 Å². The molecule has 0 saturated carbocycles. The van der Waals surface area contributed by atoms with Crippen molar-refractivity contribution in [1.29, 1.82) is 0 Å². The molecular formula is C16H25N. The van der Waals surface area contributed by atoms with E-state index in [1.54, 1.807) is 11.1 Å². The average Bonchev–Trinajstić information content (AvgIpc) is 2.88. The molecule has 0 spiro atoms. The van der Waals surface area contributed by atoms with Crippen LogP contribution in [0.5, 0.6) is 0 Å². The van der Waals surface area contributed by atoms with Crippen LogP contribution in [0.3, 0.4) is 0 Å². The molecule has 0 unspecified atom stereocenters. The van der Waals surface area contributed by atoms with Gasteiger partial charge in [0, 0.05) is 12.6 Å². The van der Waals surface area contributed by atoms with Crippen LogP contribution in [-0.4, -0.2) is 18.0 Å². The molecule has 3 rings (SSSR count). The quantitative estimate of drug-likeness (QED) is 0.700. The van der Waals surface area contributed by atoms with Crippen molar-refractivity contribution < 1.29 is 0 Å². The summed E-state index contributed by atoms with van der Waals surface area (Å²) in [6.07, 6.45) is 6.66. The fourth-order valence-corrected chi connectivity index (χ4v) is 2.80. The van der Waals surface area contributed by atoms with Gasteiger partial charge in [0.25, 0.3) is 0 Å². The summed E-state index contributed by atoms with van der Waals surface area (Å²) in [4.78, 5) is 2.64. The summed E-state index contributed by atoms with van der Waals surface area (Å²) >= 11 is 0. The second kappa shape index (κ2) is 6.20. The molecule has 1 fully saturated rings. The first-order chi connectivity index (χ1) is 8.36. The number of fused-ring (bicyclic) bond motifs is 3. The third-order valence-electron chi connectivity index (χ3n) is 3.95. The largest absolute Gasteiger partial charge is 0.296 e. The second-order valence-electron chi connectivity index (χ2n) is 5.14. The van der Waals surface area contributed by atoms with Crippen LogP contribution in [0.2, 0.25) is 0 Å². The molecule has 0 amide bonds. The highest BCUT2D eigenvalue weighted by Gasteiger charge is 2.30. The maximum Gasteiger partial charge on any atom is 0.0351 e. The fraction of sp³-hybridized carbons (Fsp3) is 0.625. The predicted molar refractivity (Wildman–Crippen MR) is 74.3 cm³/mol. The average molecular weight is 231 g/mol. The minimum absolute atomic E-state index is 0.755. The van der Waals surface area contributed by atoms with Crippen LogP contribution in [0.15, 0.2) is 24.3 Å². The van der Waals surface area contributed by atoms with Crippen LogP contribution in [0, 0.1) is 0 Å². The summed E-state index contributed by atoms with van der Waals surface area (Å²) < 4.78 is 0. The first-order valence-electron chi connectivity index (χ1n) is 7.18. The molecule has 1 saturated heterocycles. The third-order valence-corrected chi connectivity index (χ3v) is 3.95. The van der Waals surface area contributed by atoms with E-state index in [0.29, 0.717) is 0 Å². The molecule has 1 aromatic carbocycles. The molecule has 1 nitrogen and oxygen atoms in total. The molecule has 94 valence electrons. The van der Waals surface area contributed by atoms with Crippen LogP contribution >= 0.6 is 0 Å². The van der Waals surface area contributed by atoms with Crippen molar-refractivity contribution in [2.45, 2.75) is 52.0 Å². The number of benzene rings is 1. The van der Waals surface area contributed by atoms with Gasteiger partial charge in [-0.2, -0.15) is 0 Å². The minimum Gasteiger partial charge on any atom is -0.296 e. The van der Waals surface area contributed by atoms with Gasteiger partial charge in [-0.25, -0.2) is 0 Å². The molecule has 1 atom stereocenters. The summed E-state index contributed by atoms with van der Waals surface area (Å²) in [7, 11) is 0. The lowest BCUT2D eigenvalue weighted by molar-refractivity contribution is 0.244. The second-order valence-corrected chi connectivity index (χ2v) is 5.14. The van der Waals surface area contributed by atoms with Gasteiger partial charge < -0.3 is 0 Å². The number of hydrogen-bond donors (Lipinski definition) is 0. The van der Waals surface area contributed by atoms with E-state index in [9.17, 15) is 0 Å². The Morgan fingerprint density at radius 3 is 2.65 bits per heavy atom. The van der Waals surface area contributed by atoms with Crippen molar-refractivity contribution in [3.8, 4) is 0 Å². The van der Waals surface area contributed by atoms with Crippen molar-refractivity contribution in [3.05, 3.63) is 35.4 Å². The summed E-state index contributed by atoms with van der Waals surface area (Å²) in [5, 5.41) is 0. The van der Waals surface area contributed by atoms with E-state index in [1.165, 1.54) is 45.2 Å². The number of rotatable bonds is 1. The third kappa shape index (κ3) is 2.90. The summed E-state index contributed by atoms with van der Waals surface area (Å²) in [6.45, 7) is 6.96. The van der Waals surface area contributed by atoms with Crippen molar-refractivity contribution in [1.82, 2.24) is 4.90 Å². The molecule has 0 aromatic heterocycles. The van der Waals surface area contributed by atoms with E-state index in [2.05, 4.69) is 43.0 Å². The molecule has 0 bridgehead atoms. The molecular weight excluding hydrogens is 206 g/mol. The molecule has 0 aliphatic carbocycles. The highest BCUT2D eigenvalue weighted by molar-refractivity contribution is 5.33. The van der Waals surface area contributed by atoms with Gasteiger partial charge >= 0.3 is 0 Å². The number of hydrogen-bond acceptors (Lipinski definition) is 1. The van der Waals surface area contributed by atoms with E-state index in [-0.39, 0.29) is 0 Å². The zero-order valence-electron chi connectivity index (χ0n) is 11.3. The van der Waals surface area contributed by atoms with Gasteiger partial charge in [-0.1, -0.05) is 51.0 Å². The highest BCUT2D eigenvalue weighted by Crippen LogP contribution is 2.36. The SMILES string of the molecule is CCCC.c1ccc2c(c1)CCN1CCC[C@@H]21. The smallest absolute Gasteiger partial charge is 0.0351 e. The topological polar surface area (TPSA) is 3.24 Å². The Bertz CT molecular complexity index is 343. The van der Waals surface area contributed by atoms with Crippen molar-refractivity contribution in [2.75, 3.05) is 13.1 Å². The Balaban J connectivity index is 0.000000239. The Hall–Kier alpha value is -0.820. The molecule has 17 heavy (non-hydrogen) atoms. The highest BCUT2D eigenvalue weighted by atomic mass is 15.2. The first kappa shape index (κ1) is 12.6. The van der Waals surface area contributed by atoms with Crippen LogP contribution in [0.4, 0.5) is 0 Å². The predicted octanol–water partition coefficient (Wildman–Crippen LogP) is 4.19. The van der Waals surface area contributed by atoms with Crippen molar-refractivity contribution in [2.24, 2.45) is 0 Å². The van der Waals surface area contributed by atoms with E-state index >= 15 is 0 Å². The number of nitrogens with zero attached hydrogens (tertiary/aromatic N) is 1. The Morgan fingerprint density at radius 2 is 1.88 bits per heavy atom. The van der Waals surface area contributed by atoms with E-state index in [0.717, 1.165) is 6.04 Å². The lowest BCUT2D eigenvalue weighted by Crippen LogP contribution is -2.30. The Labute approximate surface area is 106 Å². The Morgan fingerprint density at radius 1 is 1.12 bits per heavy atom. The van der Waals surface area contributed by atoms with Gasteiger partial charge in [-0.15, -0.1) is 0 Å². The summed E-state index contributed by atoms with van der Waals surface area (Å²) in [6, 6.07) is 9.72. The molecule has 1 aromatic rings.